The first kappa shape index (κ1) is 19.5. The maximum Gasteiger partial charge on any atom is 0.352 e. The Kier molecular flexibility index (Phi) is 6.22. The lowest BCUT2D eigenvalue weighted by Gasteiger charge is -2.30. The van der Waals surface area contributed by atoms with Crippen LogP contribution in [0.2, 0.25) is 0 Å². The number of carboxylic acids is 1. The fourth-order valence-electron chi connectivity index (χ4n) is 4.14. The standard InChI is InChI=1S/C22H30N2O3/c1-3-23(18-11-8-9-16(2)13-18)21(25)15-24-19-12-7-5-4-6-10-17(19)14-20(24)22(26)27/h8-9,11,13-14,21,25H,3-7,10,12,15H2,1-2H3,(H,26,27). The third-order valence-electron chi connectivity index (χ3n) is 5.51. The minimum atomic E-state index is -0.924. The number of aromatic nitrogens is 1. The molecule has 1 aromatic heterocycles. The molecule has 0 saturated heterocycles. The van der Waals surface area contributed by atoms with E-state index in [2.05, 4.69) is 0 Å². The van der Waals surface area contributed by atoms with E-state index in [1.54, 1.807) is 0 Å². The zero-order valence-corrected chi connectivity index (χ0v) is 16.3. The van der Waals surface area contributed by atoms with Gasteiger partial charge in [0.25, 0.3) is 0 Å². The number of aliphatic hydroxyl groups is 1. The van der Waals surface area contributed by atoms with Crippen LogP contribution in [-0.2, 0) is 19.4 Å². The number of carbonyl (C=O) groups is 1. The lowest BCUT2D eigenvalue weighted by molar-refractivity contribution is 0.0678. The van der Waals surface area contributed by atoms with Gasteiger partial charge in [-0.15, -0.1) is 0 Å². The lowest BCUT2D eigenvalue weighted by atomic mass is 9.99. The molecule has 1 aromatic carbocycles. The van der Waals surface area contributed by atoms with Gasteiger partial charge in [-0.25, -0.2) is 4.79 Å². The van der Waals surface area contributed by atoms with Crippen LogP contribution in [-0.4, -0.2) is 33.5 Å². The quantitative estimate of drug-likeness (QED) is 0.755. The average Bonchev–Trinajstić information content (AvgIpc) is 2.92. The van der Waals surface area contributed by atoms with Crippen LogP contribution in [0, 0.1) is 6.92 Å². The summed E-state index contributed by atoms with van der Waals surface area (Å²) in [5.41, 5.74) is 4.61. The smallest absolute Gasteiger partial charge is 0.352 e. The summed E-state index contributed by atoms with van der Waals surface area (Å²) in [5, 5.41) is 20.7. The molecule has 1 aliphatic carbocycles. The summed E-state index contributed by atoms with van der Waals surface area (Å²) in [4.78, 5) is 13.8. The molecule has 5 nitrogen and oxygen atoms in total. The predicted molar refractivity (Wildman–Crippen MR) is 107 cm³/mol. The highest BCUT2D eigenvalue weighted by Gasteiger charge is 2.24. The van der Waals surface area contributed by atoms with Crippen LogP contribution in [0.15, 0.2) is 30.3 Å². The van der Waals surface area contributed by atoms with Gasteiger partial charge in [0.1, 0.15) is 11.9 Å². The topological polar surface area (TPSA) is 65.7 Å². The highest BCUT2D eigenvalue weighted by atomic mass is 16.4. The summed E-state index contributed by atoms with van der Waals surface area (Å²) >= 11 is 0. The zero-order chi connectivity index (χ0) is 19.4. The molecular weight excluding hydrogens is 340 g/mol. The van der Waals surface area contributed by atoms with Gasteiger partial charge in [0.15, 0.2) is 0 Å². The SMILES string of the molecule is CCN(c1cccc(C)c1)C(O)Cn1c(C(=O)O)cc2c1CCCCCC2. The van der Waals surface area contributed by atoms with Gasteiger partial charge >= 0.3 is 5.97 Å². The predicted octanol–water partition coefficient (Wildman–Crippen LogP) is 4.00. The zero-order valence-electron chi connectivity index (χ0n) is 16.3. The fourth-order valence-corrected chi connectivity index (χ4v) is 4.14. The average molecular weight is 370 g/mol. The molecular formula is C22H30N2O3. The monoisotopic (exact) mass is 370 g/mol. The van der Waals surface area contributed by atoms with E-state index in [1.165, 1.54) is 12.8 Å². The molecule has 1 atom stereocenters. The van der Waals surface area contributed by atoms with E-state index in [0.717, 1.165) is 48.2 Å². The van der Waals surface area contributed by atoms with Crippen LogP contribution in [0.1, 0.15) is 59.9 Å². The van der Waals surface area contributed by atoms with E-state index >= 15 is 0 Å². The van der Waals surface area contributed by atoms with Crippen molar-refractivity contribution in [2.24, 2.45) is 0 Å². The number of hydrogen-bond donors (Lipinski definition) is 2. The number of aromatic carboxylic acids is 1. The number of carboxylic acid groups (broad SMARTS) is 1. The van der Waals surface area contributed by atoms with Crippen molar-refractivity contribution in [3.8, 4) is 0 Å². The second-order valence-corrected chi connectivity index (χ2v) is 7.44. The van der Waals surface area contributed by atoms with Crippen LogP contribution in [0.3, 0.4) is 0 Å². The van der Waals surface area contributed by atoms with E-state index < -0.39 is 12.2 Å². The second kappa shape index (κ2) is 8.61. The number of hydrogen-bond acceptors (Lipinski definition) is 3. The molecule has 5 heteroatoms. The molecule has 1 heterocycles. The molecule has 27 heavy (non-hydrogen) atoms. The number of fused-ring (bicyclic) bond motifs is 1. The summed E-state index contributed by atoms with van der Waals surface area (Å²) in [5.74, 6) is -0.924. The highest BCUT2D eigenvalue weighted by molar-refractivity contribution is 5.86. The Bertz CT molecular complexity index is 797. The number of aliphatic hydroxyl groups excluding tert-OH is 1. The van der Waals surface area contributed by atoms with Crippen molar-refractivity contribution in [2.45, 2.75) is 65.1 Å². The summed E-state index contributed by atoms with van der Waals surface area (Å²) < 4.78 is 1.84. The maximum absolute atomic E-state index is 11.8. The van der Waals surface area contributed by atoms with Crippen molar-refractivity contribution in [3.63, 3.8) is 0 Å². The first-order valence-electron chi connectivity index (χ1n) is 9.97. The fraction of sp³-hybridized carbons (Fsp3) is 0.500. The molecule has 1 unspecified atom stereocenters. The number of aryl methyl sites for hydroxylation is 2. The molecule has 3 rings (SSSR count). The van der Waals surface area contributed by atoms with Crippen molar-refractivity contribution in [1.29, 1.82) is 0 Å². The first-order chi connectivity index (χ1) is 13.0. The Hall–Kier alpha value is -2.27. The van der Waals surface area contributed by atoms with Gasteiger partial charge in [-0.2, -0.15) is 0 Å². The Morgan fingerprint density at radius 2 is 1.93 bits per heavy atom. The van der Waals surface area contributed by atoms with Crippen LogP contribution in [0.4, 0.5) is 5.69 Å². The maximum atomic E-state index is 11.8. The van der Waals surface area contributed by atoms with Gasteiger partial charge in [0.05, 0.1) is 6.54 Å². The Balaban J connectivity index is 1.92. The number of benzene rings is 1. The van der Waals surface area contributed by atoms with Gasteiger partial charge < -0.3 is 19.7 Å². The molecule has 146 valence electrons. The summed E-state index contributed by atoms with van der Waals surface area (Å²) in [7, 11) is 0. The van der Waals surface area contributed by atoms with Crippen LogP contribution in [0.25, 0.3) is 0 Å². The molecule has 2 N–H and O–H groups in total. The van der Waals surface area contributed by atoms with E-state index in [0.29, 0.717) is 12.2 Å². The second-order valence-electron chi connectivity index (χ2n) is 7.44. The van der Waals surface area contributed by atoms with Gasteiger partial charge in [-0.3, -0.25) is 0 Å². The number of anilines is 1. The van der Waals surface area contributed by atoms with Crippen molar-refractivity contribution < 1.29 is 15.0 Å². The summed E-state index contributed by atoms with van der Waals surface area (Å²) in [6.07, 6.45) is 5.58. The number of nitrogens with zero attached hydrogens (tertiary/aromatic N) is 2. The van der Waals surface area contributed by atoms with Crippen LogP contribution < -0.4 is 4.90 Å². The minimum Gasteiger partial charge on any atom is -0.477 e. The van der Waals surface area contributed by atoms with Crippen molar-refractivity contribution in [2.75, 3.05) is 11.4 Å². The largest absolute Gasteiger partial charge is 0.477 e. The van der Waals surface area contributed by atoms with Gasteiger partial charge in [-0.05, 0) is 68.9 Å². The van der Waals surface area contributed by atoms with Crippen molar-refractivity contribution in [1.82, 2.24) is 4.57 Å². The summed E-state index contributed by atoms with van der Waals surface area (Å²) in [6, 6.07) is 9.86. The Morgan fingerprint density at radius 1 is 1.19 bits per heavy atom. The van der Waals surface area contributed by atoms with E-state index in [-0.39, 0.29) is 6.54 Å². The Morgan fingerprint density at radius 3 is 2.59 bits per heavy atom. The third-order valence-corrected chi connectivity index (χ3v) is 5.51. The molecule has 0 saturated carbocycles. The highest BCUT2D eigenvalue weighted by Crippen LogP contribution is 2.26. The Labute approximate surface area is 161 Å². The normalized spacial score (nSPS) is 15.5. The molecule has 0 radical (unpaired) electrons. The third kappa shape index (κ3) is 4.35. The van der Waals surface area contributed by atoms with Crippen LogP contribution >= 0.6 is 0 Å². The molecule has 0 aliphatic heterocycles. The van der Waals surface area contributed by atoms with Gasteiger partial charge in [0, 0.05) is 17.9 Å². The molecule has 0 bridgehead atoms. The first-order valence-corrected chi connectivity index (χ1v) is 9.97. The minimum absolute atomic E-state index is 0.263. The lowest BCUT2D eigenvalue weighted by Crippen LogP contribution is -2.39. The van der Waals surface area contributed by atoms with E-state index in [9.17, 15) is 15.0 Å². The van der Waals surface area contributed by atoms with Crippen molar-refractivity contribution in [3.05, 3.63) is 52.8 Å². The van der Waals surface area contributed by atoms with Gasteiger partial charge in [-0.1, -0.05) is 25.0 Å². The molecule has 0 fully saturated rings. The molecule has 1 aliphatic rings. The van der Waals surface area contributed by atoms with Gasteiger partial charge in [0.2, 0.25) is 0 Å². The number of rotatable bonds is 6. The van der Waals surface area contributed by atoms with E-state index in [1.807, 2.05) is 53.6 Å². The van der Waals surface area contributed by atoms with E-state index in [4.69, 9.17) is 0 Å². The summed E-state index contributed by atoms with van der Waals surface area (Å²) in [6.45, 7) is 4.94. The van der Waals surface area contributed by atoms with Crippen molar-refractivity contribution >= 4 is 11.7 Å². The molecule has 2 aromatic rings. The van der Waals surface area contributed by atoms with Crippen LogP contribution in [0.5, 0.6) is 0 Å². The number of likely N-dealkylation sites (N-methyl/N-ethyl adjacent to an activating group) is 1. The molecule has 0 spiro atoms. The molecule has 0 amide bonds.